The molecule has 96 valence electrons. The second kappa shape index (κ2) is 5.29. The van der Waals surface area contributed by atoms with Gasteiger partial charge in [-0.3, -0.25) is 4.98 Å². The minimum Gasteiger partial charge on any atom is -0.404 e. The van der Waals surface area contributed by atoms with Crippen molar-refractivity contribution in [2.75, 3.05) is 0 Å². The zero-order valence-electron chi connectivity index (χ0n) is 8.06. The van der Waals surface area contributed by atoms with Crippen molar-refractivity contribution in [2.24, 2.45) is 5.73 Å². The molecule has 9 heteroatoms. The Morgan fingerprint density at radius 2 is 2.00 bits per heavy atom. The Morgan fingerprint density at radius 1 is 1.41 bits per heavy atom. The third-order valence-electron chi connectivity index (χ3n) is 1.74. The van der Waals surface area contributed by atoms with Crippen LogP contribution in [-0.2, 0) is 6.54 Å². The van der Waals surface area contributed by atoms with Gasteiger partial charge in [0, 0.05) is 12.7 Å². The molecule has 0 aliphatic rings. The van der Waals surface area contributed by atoms with Gasteiger partial charge >= 0.3 is 6.36 Å². The summed E-state index contributed by atoms with van der Waals surface area (Å²) >= 11 is 1.43. The third kappa shape index (κ3) is 3.63. The van der Waals surface area contributed by atoms with E-state index >= 15 is 0 Å². The molecule has 0 aromatic carbocycles. The molecule has 2 N–H and O–H groups in total. The molecule has 1 aromatic heterocycles. The second-order valence-electron chi connectivity index (χ2n) is 2.85. The highest BCUT2D eigenvalue weighted by atomic mass is 127. The first kappa shape index (κ1) is 14.4. The van der Waals surface area contributed by atoms with Crippen LogP contribution in [0.3, 0.4) is 0 Å². The van der Waals surface area contributed by atoms with Gasteiger partial charge in [-0.2, -0.15) is 0 Å². The Bertz CT molecular complexity index is 410. The monoisotopic (exact) mass is 368 g/mol. The van der Waals surface area contributed by atoms with Crippen LogP contribution in [-0.4, -0.2) is 11.3 Å². The van der Waals surface area contributed by atoms with Crippen LogP contribution >= 0.6 is 22.6 Å². The van der Waals surface area contributed by atoms with E-state index in [1.807, 2.05) is 0 Å². The lowest BCUT2D eigenvalue weighted by atomic mass is 10.2. The van der Waals surface area contributed by atoms with E-state index in [1.54, 1.807) is 0 Å². The Morgan fingerprint density at radius 3 is 2.41 bits per heavy atom. The summed E-state index contributed by atoms with van der Waals surface area (Å²) in [5, 5.41) is 0. The maximum Gasteiger partial charge on any atom is 0.573 e. The van der Waals surface area contributed by atoms with Gasteiger partial charge in [0.25, 0.3) is 6.43 Å². The summed E-state index contributed by atoms with van der Waals surface area (Å²) in [5.74, 6) is -0.941. The van der Waals surface area contributed by atoms with Crippen molar-refractivity contribution in [2.45, 2.75) is 19.3 Å². The molecule has 1 heterocycles. The first-order valence-corrected chi connectivity index (χ1v) is 5.25. The molecule has 0 bridgehead atoms. The van der Waals surface area contributed by atoms with Crippen molar-refractivity contribution in [1.29, 1.82) is 0 Å². The number of hydrogen-bond acceptors (Lipinski definition) is 3. The fourth-order valence-corrected chi connectivity index (χ4v) is 1.67. The summed E-state index contributed by atoms with van der Waals surface area (Å²) in [6, 6.07) is 0. The van der Waals surface area contributed by atoms with Crippen LogP contribution in [0.5, 0.6) is 5.75 Å². The van der Waals surface area contributed by atoms with Gasteiger partial charge in [0.05, 0.1) is 14.8 Å². The highest BCUT2D eigenvalue weighted by Gasteiger charge is 2.35. The number of rotatable bonds is 3. The molecule has 3 nitrogen and oxygen atoms in total. The summed E-state index contributed by atoms with van der Waals surface area (Å²) in [6.07, 6.45) is -7.19. The van der Waals surface area contributed by atoms with Gasteiger partial charge in [0.2, 0.25) is 0 Å². The average Bonchev–Trinajstić information content (AvgIpc) is 2.18. The number of ether oxygens (including phenoxy) is 1. The molecule has 1 rings (SSSR count). The molecular formula is C8H6F5IN2O. The molecule has 17 heavy (non-hydrogen) atoms. The molecule has 0 aliphatic carbocycles. The van der Waals surface area contributed by atoms with Crippen LogP contribution in [0.4, 0.5) is 22.0 Å². The normalized spacial score (nSPS) is 12.0. The van der Waals surface area contributed by atoms with Crippen LogP contribution in [0.25, 0.3) is 0 Å². The first-order valence-electron chi connectivity index (χ1n) is 4.17. The number of pyridine rings is 1. The lowest BCUT2D eigenvalue weighted by Gasteiger charge is -2.16. The van der Waals surface area contributed by atoms with E-state index in [9.17, 15) is 22.0 Å². The largest absolute Gasteiger partial charge is 0.573 e. The standard InChI is InChI=1S/C8H6F5IN2O/c9-7(10)5-4(1-15)16-2-3(14)6(5)17-8(11,12)13/h2,7H,1,15H2. The van der Waals surface area contributed by atoms with Gasteiger partial charge in [-0.15, -0.1) is 13.2 Å². The number of nitrogens with two attached hydrogens (primary N) is 1. The molecule has 0 saturated carbocycles. The van der Waals surface area contributed by atoms with E-state index < -0.39 is 30.6 Å². The SMILES string of the molecule is NCc1ncc(I)c(OC(F)(F)F)c1C(F)F. The van der Waals surface area contributed by atoms with E-state index in [2.05, 4.69) is 9.72 Å². The molecule has 0 amide bonds. The molecule has 0 saturated heterocycles. The van der Waals surface area contributed by atoms with Gasteiger partial charge in [-0.1, -0.05) is 0 Å². The summed E-state index contributed by atoms with van der Waals surface area (Å²) in [5.41, 5.74) is 3.90. The smallest absolute Gasteiger partial charge is 0.404 e. The number of nitrogens with zero attached hydrogens (tertiary/aromatic N) is 1. The quantitative estimate of drug-likeness (QED) is 0.659. The zero-order valence-corrected chi connectivity index (χ0v) is 10.2. The van der Waals surface area contributed by atoms with Crippen LogP contribution in [0.2, 0.25) is 0 Å². The van der Waals surface area contributed by atoms with E-state index in [4.69, 9.17) is 5.73 Å². The molecule has 0 radical (unpaired) electrons. The Kier molecular flexibility index (Phi) is 4.47. The Labute approximate surface area is 106 Å². The maximum atomic E-state index is 12.7. The second-order valence-corrected chi connectivity index (χ2v) is 4.01. The lowest BCUT2D eigenvalue weighted by Crippen LogP contribution is -2.20. The Hall–Kier alpha value is -0.710. The predicted molar refractivity (Wildman–Crippen MR) is 56.5 cm³/mol. The maximum absolute atomic E-state index is 12.7. The van der Waals surface area contributed by atoms with Crippen molar-refractivity contribution in [3.8, 4) is 5.75 Å². The van der Waals surface area contributed by atoms with E-state index in [1.165, 1.54) is 22.6 Å². The van der Waals surface area contributed by atoms with Gasteiger partial charge in [0.15, 0.2) is 5.75 Å². The number of alkyl halides is 5. The summed E-state index contributed by atoms with van der Waals surface area (Å²) in [7, 11) is 0. The van der Waals surface area contributed by atoms with Gasteiger partial charge < -0.3 is 10.5 Å². The van der Waals surface area contributed by atoms with Crippen molar-refractivity contribution in [3.05, 3.63) is 21.0 Å². The molecule has 0 atom stereocenters. The molecule has 0 unspecified atom stereocenters. The van der Waals surface area contributed by atoms with Crippen LogP contribution in [0, 0.1) is 3.57 Å². The molecule has 1 aromatic rings. The fourth-order valence-electron chi connectivity index (χ4n) is 1.13. The molecular weight excluding hydrogens is 362 g/mol. The van der Waals surface area contributed by atoms with E-state index in [0.717, 1.165) is 6.20 Å². The molecule has 0 aliphatic heterocycles. The molecule has 0 spiro atoms. The lowest BCUT2D eigenvalue weighted by molar-refractivity contribution is -0.275. The minimum absolute atomic E-state index is 0.160. The van der Waals surface area contributed by atoms with Gasteiger partial charge in [0.1, 0.15) is 0 Å². The van der Waals surface area contributed by atoms with E-state index in [-0.39, 0.29) is 9.26 Å². The van der Waals surface area contributed by atoms with Crippen molar-refractivity contribution >= 4 is 22.6 Å². The summed E-state index contributed by atoms with van der Waals surface area (Å²) in [6.45, 7) is -0.398. The number of hydrogen-bond donors (Lipinski definition) is 1. The van der Waals surface area contributed by atoms with Gasteiger partial charge in [-0.05, 0) is 22.6 Å². The van der Waals surface area contributed by atoms with Crippen molar-refractivity contribution < 1.29 is 26.7 Å². The van der Waals surface area contributed by atoms with Crippen LogP contribution < -0.4 is 10.5 Å². The zero-order chi connectivity index (χ0) is 13.2. The third-order valence-corrected chi connectivity index (χ3v) is 2.50. The molecule has 0 fully saturated rings. The van der Waals surface area contributed by atoms with Gasteiger partial charge in [-0.25, -0.2) is 8.78 Å². The van der Waals surface area contributed by atoms with Crippen LogP contribution in [0.1, 0.15) is 17.7 Å². The average molecular weight is 368 g/mol. The highest BCUT2D eigenvalue weighted by molar-refractivity contribution is 14.1. The minimum atomic E-state index is -5.04. The fraction of sp³-hybridized carbons (Fsp3) is 0.375. The highest BCUT2D eigenvalue weighted by Crippen LogP contribution is 2.37. The topological polar surface area (TPSA) is 48.1 Å². The summed E-state index contributed by atoms with van der Waals surface area (Å²) in [4.78, 5) is 3.55. The van der Waals surface area contributed by atoms with Crippen LogP contribution in [0.15, 0.2) is 6.20 Å². The number of aromatic nitrogens is 1. The Balaban J connectivity index is 3.34. The number of halogens is 6. The first-order chi connectivity index (χ1) is 7.76. The van der Waals surface area contributed by atoms with E-state index in [0.29, 0.717) is 0 Å². The van der Waals surface area contributed by atoms with Crippen molar-refractivity contribution in [1.82, 2.24) is 4.98 Å². The van der Waals surface area contributed by atoms with Crippen molar-refractivity contribution in [3.63, 3.8) is 0 Å². The summed E-state index contributed by atoms with van der Waals surface area (Å²) < 4.78 is 65.0. The predicted octanol–water partition coefficient (Wildman–Crippen LogP) is 2.98.